The zero-order valence-electron chi connectivity index (χ0n) is 20.8. The van der Waals surface area contributed by atoms with E-state index < -0.39 is 10.0 Å². The summed E-state index contributed by atoms with van der Waals surface area (Å²) >= 11 is 0. The van der Waals surface area contributed by atoms with E-state index in [4.69, 9.17) is 4.74 Å². The average Bonchev–Trinajstić information content (AvgIpc) is 2.81. The number of piperazine rings is 1. The molecule has 1 N–H and O–H groups in total. The number of hydrogen-bond donors (Lipinski definition) is 1. The van der Waals surface area contributed by atoms with E-state index in [1.807, 2.05) is 12.1 Å². The maximum atomic E-state index is 13.1. The summed E-state index contributed by atoms with van der Waals surface area (Å²) in [6, 6.07) is 11.6. The maximum absolute atomic E-state index is 13.1. The SMILES string of the molecule is COc1cc(C)c(S(=O)(=O)N(C)CCC(=O)NCc2cccc(N3CCN(C)CC3)c2)c(C)c1. The fourth-order valence-electron chi connectivity index (χ4n) is 4.19. The summed E-state index contributed by atoms with van der Waals surface area (Å²) in [5, 5.41) is 2.92. The van der Waals surface area contributed by atoms with Crippen molar-refractivity contribution in [2.75, 3.05) is 58.8 Å². The number of nitrogens with one attached hydrogen (secondary N) is 1. The standard InChI is InChI=1S/C25H36N4O4S/c1-19-15-23(33-5)16-20(2)25(19)34(31,32)28(4)10-9-24(30)26-18-21-7-6-8-22(17-21)29-13-11-27(3)12-14-29/h6-8,15-17H,9-14,18H2,1-5H3,(H,26,30). The average molecular weight is 489 g/mol. The van der Waals surface area contributed by atoms with Crippen LogP contribution in [-0.4, -0.2) is 77.5 Å². The van der Waals surface area contributed by atoms with Crippen LogP contribution in [0.15, 0.2) is 41.3 Å². The van der Waals surface area contributed by atoms with Gasteiger partial charge in [-0.3, -0.25) is 4.79 Å². The third-order valence-electron chi connectivity index (χ3n) is 6.26. The molecule has 1 amide bonds. The van der Waals surface area contributed by atoms with Gasteiger partial charge in [0.15, 0.2) is 0 Å². The molecule has 0 unspecified atom stereocenters. The number of sulfonamides is 1. The number of nitrogens with zero attached hydrogens (tertiary/aromatic N) is 3. The lowest BCUT2D eigenvalue weighted by Gasteiger charge is -2.34. The summed E-state index contributed by atoms with van der Waals surface area (Å²) in [5.74, 6) is 0.433. The number of hydrogen-bond acceptors (Lipinski definition) is 6. The third-order valence-corrected chi connectivity index (χ3v) is 8.42. The Balaban J connectivity index is 1.55. The molecule has 0 aliphatic carbocycles. The van der Waals surface area contributed by atoms with Crippen molar-refractivity contribution in [2.24, 2.45) is 0 Å². The van der Waals surface area contributed by atoms with Gasteiger partial charge in [0, 0.05) is 58.4 Å². The molecule has 3 rings (SSSR count). The number of aryl methyl sites for hydroxylation is 2. The van der Waals surface area contributed by atoms with E-state index in [0.717, 1.165) is 37.4 Å². The Bertz CT molecular complexity index is 1090. The highest BCUT2D eigenvalue weighted by molar-refractivity contribution is 7.89. The molecule has 0 bridgehead atoms. The molecule has 1 heterocycles. The van der Waals surface area contributed by atoms with Crippen LogP contribution >= 0.6 is 0 Å². The summed E-state index contributed by atoms with van der Waals surface area (Å²) in [5.41, 5.74) is 3.42. The first-order valence-electron chi connectivity index (χ1n) is 11.5. The van der Waals surface area contributed by atoms with Crippen molar-refractivity contribution in [1.82, 2.24) is 14.5 Å². The molecular formula is C25H36N4O4S. The first-order chi connectivity index (χ1) is 16.1. The molecule has 0 radical (unpaired) electrons. The quantitative estimate of drug-likeness (QED) is 0.584. The highest BCUT2D eigenvalue weighted by Crippen LogP contribution is 2.27. The van der Waals surface area contributed by atoms with E-state index in [9.17, 15) is 13.2 Å². The van der Waals surface area contributed by atoms with Crippen LogP contribution in [0.2, 0.25) is 0 Å². The van der Waals surface area contributed by atoms with E-state index in [1.54, 1.807) is 33.1 Å². The predicted molar refractivity (Wildman–Crippen MR) is 135 cm³/mol. The number of benzene rings is 2. The van der Waals surface area contributed by atoms with Gasteiger partial charge in [0.05, 0.1) is 12.0 Å². The van der Waals surface area contributed by atoms with Gasteiger partial charge in [-0.05, 0) is 61.9 Å². The zero-order valence-corrected chi connectivity index (χ0v) is 21.6. The Kier molecular flexibility index (Phi) is 8.57. The van der Waals surface area contributed by atoms with Crippen LogP contribution in [0.1, 0.15) is 23.1 Å². The van der Waals surface area contributed by atoms with Crippen LogP contribution in [0.25, 0.3) is 0 Å². The van der Waals surface area contributed by atoms with Gasteiger partial charge in [-0.2, -0.15) is 0 Å². The Labute approximate surface area is 203 Å². The Morgan fingerprint density at radius 1 is 1.09 bits per heavy atom. The van der Waals surface area contributed by atoms with Crippen molar-refractivity contribution in [3.8, 4) is 5.75 Å². The number of methoxy groups -OCH3 is 1. The number of amides is 1. The molecule has 34 heavy (non-hydrogen) atoms. The minimum atomic E-state index is -3.72. The molecule has 0 aromatic heterocycles. The highest BCUT2D eigenvalue weighted by atomic mass is 32.2. The lowest BCUT2D eigenvalue weighted by atomic mass is 10.1. The smallest absolute Gasteiger partial charge is 0.243 e. The minimum absolute atomic E-state index is 0.0854. The van der Waals surface area contributed by atoms with Crippen molar-refractivity contribution in [3.63, 3.8) is 0 Å². The molecule has 1 fully saturated rings. The normalized spacial score (nSPS) is 14.9. The second-order valence-corrected chi connectivity index (χ2v) is 10.9. The molecule has 1 aliphatic heterocycles. The maximum Gasteiger partial charge on any atom is 0.243 e. The van der Waals surface area contributed by atoms with Crippen molar-refractivity contribution in [3.05, 3.63) is 53.1 Å². The number of likely N-dealkylation sites (N-methyl/N-ethyl adjacent to an activating group) is 1. The molecule has 0 spiro atoms. The summed E-state index contributed by atoms with van der Waals surface area (Å²) in [6.45, 7) is 8.05. The molecule has 2 aromatic rings. The van der Waals surface area contributed by atoms with E-state index in [1.165, 1.54) is 11.4 Å². The van der Waals surface area contributed by atoms with Gasteiger partial charge in [0.25, 0.3) is 0 Å². The zero-order chi connectivity index (χ0) is 24.9. The van der Waals surface area contributed by atoms with Gasteiger partial charge < -0.3 is 19.9 Å². The van der Waals surface area contributed by atoms with Crippen molar-refractivity contribution in [2.45, 2.75) is 31.7 Å². The van der Waals surface area contributed by atoms with Crippen molar-refractivity contribution >= 4 is 21.6 Å². The van der Waals surface area contributed by atoms with Gasteiger partial charge in [-0.1, -0.05) is 12.1 Å². The lowest BCUT2D eigenvalue weighted by Crippen LogP contribution is -2.44. The molecule has 0 atom stereocenters. The van der Waals surface area contributed by atoms with Gasteiger partial charge in [0.2, 0.25) is 15.9 Å². The number of anilines is 1. The van der Waals surface area contributed by atoms with Crippen LogP contribution in [0.5, 0.6) is 5.75 Å². The Hall–Kier alpha value is -2.62. The van der Waals surface area contributed by atoms with Crippen LogP contribution < -0.4 is 15.0 Å². The van der Waals surface area contributed by atoms with Gasteiger partial charge >= 0.3 is 0 Å². The largest absolute Gasteiger partial charge is 0.497 e. The monoisotopic (exact) mass is 488 g/mol. The third kappa shape index (κ3) is 6.28. The number of carbonyl (C=O) groups is 1. The van der Waals surface area contributed by atoms with Crippen LogP contribution in [0.4, 0.5) is 5.69 Å². The van der Waals surface area contributed by atoms with Gasteiger partial charge in [-0.15, -0.1) is 0 Å². The van der Waals surface area contributed by atoms with Crippen molar-refractivity contribution < 1.29 is 17.9 Å². The molecule has 1 aliphatic rings. The van der Waals surface area contributed by atoms with Crippen molar-refractivity contribution in [1.29, 1.82) is 0 Å². The summed E-state index contributed by atoms with van der Waals surface area (Å²) in [4.78, 5) is 17.4. The predicted octanol–water partition coefficient (Wildman–Crippen LogP) is 2.39. The van der Waals surface area contributed by atoms with E-state index in [2.05, 4.69) is 34.3 Å². The second-order valence-electron chi connectivity index (χ2n) is 8.90. The molecular weight excluding hydrogens is 452 g/mol. The number of ether oxygens (including phenoxy) is 1. The summed E-state index contributed by atoms with van der Waals surface area (Å²) < 4.78 is 32.7. The molecule has 1 saturated heterocycles. The molecule has 0 saturated carbocycles. The van der Waals surface area contributed by atoms with Gasteiger partial charge in [0.1, 0.15) is 5.75 Å². The molecule has 9 heteroatoms. The lowest BCUT2D eigenvalue weighted by molar-refractivity contribution is -0.121. The highest BCUT2D eigenvalue weighted by Gasteiger charge is 2.26. The van der Waals surface area contributed by atoms with Crippen LogP contribution in [-0.2, 0) is 21.4 Å². The van der Waals surface area contributed by atoms with E-state index in [-0.39, 0.29) is 23.8 Å². The summed E-state index contributed by atoms with van der Waals surface area (Å²) in [7, 11) is 1.47. The Morgan fingerprint density at radius 3 is 2.35 bits per heavy atom. The van der Waals surface area contributed by atoms with Crippen LogP contribution in [0.3, 0.4) is 0 Å². The van der Waals surface area contributed by atoms with E-state index in [0.29, 0.717) is 23.4 Å². The van der Waals surface area contributed by atoms with Gasteiger partial charge in [-0.25, -0.2) is 12.7 Å². The number of carbonyl (C=O) groups excluding carboxylic acids is 1. The fraction of sp³-hybridized carbons (Fsp3) is 0.480. The fourth-order valence-corrected chi connectivity index (χ4v) is 5.76. The second kappa shape index (κ2) is 11.2. The molecule has 8 nitrogen and oxygen atoms in total. The molecule has 186 valence electrons. The first kappa shape index (κ1) is 26.0. The topological polar surface area (TPSA) is 82.2 Å². The van der Waals surface area contributed by atoms with E-state index >= 15 is 0 Å². The minimum Gasteiger partial charge on any atom is -0.497 e. The molecule has 2 aromatic carbocycles. The Morgan fingerprint density at radius 2 is 1.74 bits per heavy atom. The first-order valence-corrected chi connectivity index (χ1v) is 13.0. The van der Waals surface area contributed by atoms with Crippen LogP contribution in [0, 0.1) is 13.8 Å². The number of rotatable bonds is 9. The summed E-state index contributed by atoms with van der Waals surface area (Å²) in [6.07, 6.45) is 0.0854.